The van der Waals surface area contributed by atoms with E-state index in [1.54, 1.807) is 0 Å². The van der Waals surface area contributed by atoms with E-state index in [1.165, 1.54) is 23.5 Å². The minimum absolute atomic E-state index is 0.285. The number of carboxylic acid groups (broad SMARTS) is 2. The van der Waals surface area contributed by atoms with Gasteiger partial charge >= 0.3 is 11.9 Å². The summed E-state index contributed by atoms with van der Waals surface area (Å²) in [6.07, 6.45) is 0.569. The van der Waals surface area contributed by atoms with Crippen molar-refractivity contribution in [2.24, 2.45) is 11.5 Å². The minimum Gasteiger partial charge on any atom is -0.480 e. The number of nitrogens with two attached hydrogens (primary N) is 2. The van der Waals surface area contributed by atoms with E-state index < -0.39 is 24.0 Å². The van der Waals surface area contributed by atoms with Gasteiger partial charge in [0.15, 0.2) is 0 Å². The molecule has 0 spiro atoms. The molecule has 0 saturated heterocycles. The van der Waals surface area contributed by atoms with Crippen molar-refractivity contribution in [1.82, 2.24) is 20.4 Å². The third-order valence-corrected chi connectivity index (χ3v) is 4.12. The second-order valence-electron chi connectivity index (χ2n) is 4.13. The molecular formula is C10H16N6O4S2. The number of carboxylic acids is 2. The normalized spacial score (nSPS) is 13.5. The van der Waals surface area contributed by atoms with Crippen LogP contribution in [0, 0.1) is 0 Å². The molecule has 2 unspecified atom stereocenters. The topological polar surface area (TPSA) is 178 Å². The van der Waals surface area contributed by atoms with E-state index in [9.17, 15) is 9.59 Å². The molecule has 0 aliphatic rings. The number of aromatic nitrogens is 4. The summed E-state index contributed by atoms with van der Waals surface area (Å²) in [5.74, 6) is -1.22. The predicted molar refractivity (Wildman–Crippen MR) is 79.5 cm³/mol. The number of hydrogen-bond donors (Lipinski definition) is 4. The van der Waals surface area contributed by atoms with Crippen LogP contribution in [-0.4, -0.2) is 66.1 Å². The van der Waals surface area contributed by atoms with Crippen LogP contribution in [0.4, 0.5) is 0 Å². The largest absolute Gasteiger partial charge is 0.480 e. The van der Waals surface area contributed by atoms with Crippen LogP contribution >= 0.6 is 23.5 Å². The highest BCUT2D eigenvalue weighted by molar-refractivity contribution is 7.99. The van der Waals surface area contributed by atoms with Crippen molar-refractivity contribution >= 4 is 35.5 Å². The first-order valence-electron chi connectivity index (χ1n) is 6.20. The van der Waals surface area contributed by atoms with Gasteiger partial charge in [-0.05, 0) is 12.8 Å². The van der Waals surface area contributed by atoms with Gasteiger partial charge in [0.25, 0.3) is 0 Å². The Morgan fingerprint density at radius 3 is 1.45 bits per heavy atom. The summed E-state index contributed by atoms with van der Waals surface area (Å²) in [5.41, 5.74) is 10.7. The summed E-state index contributed by atoms with van der Waals surface area (Å²) < 4.78 is 0. The second-order valence-corrected chi connectivity index (χ2v) is 6.25. The van der Waals surface area contributed by atoms with Crippen LogP contribution in [0.2, 0.25) is 0 Å². The Morgan fingerprint density at radius 2 is 1.18 bits per heavy atom. The summed E-state index contributed by atoms with van der Waals surface area (Å²) >= 11 is 2.42. The Bertz CT molecular complexity index is 458. The van der Waals surface area contributed by atoms with Crippen LogP contribution in [-0.2, 0) is 9.59 Å². The van der Waals surface area contributed by atoms with Crippen LogP contribution < -0.4 is 11.5 Å². The Labute approximate surface area is 134 Å². The van der Waals surface area contributed by atoms with Gasteiger partial charge in [0, 0.05) is 11.5 Å². The van der Waals surface area contributed by atoms with Crippen molar-refractivity contribution in [3.8, 4) is 0 Å². The summed E-state index contributed by atoms with van der Waals surface area (Å²) in [6, 6.07) is -1.83. The van der Waals surface area contributed by atoms with Crippen LogP contribution in [0.3, 0.4) is 0 Å². The fourth-order valence-corrected chi connectivity index (χ4v) is 2.63. The van der Waals surface area contributed by atoms with Gasteiger partial charge in [-0.2, -0.15) is 0 Å². The first-order chi connectivity index (χ1) is 10.4. The van der Waals surface area contributed by atoms with Crippen LogP contribution in [0.5, 0.6) is 0 Å². The maximum absolute atomic E-state index is 10.5. The van der Waals surface area contributed by atoms with Crippen LogP contribution in [0.1, 0.15) is 12.8 Å². The van der Waals surface area contributed by atoms with E-state index in [-0.39, 0.29) is 12.8 Å². The van der Waals surface area contributed by atoms with Crippen molar-refractivity contribution in [2.45, 2.75) is 35.2 Å². The zero-order valence-corrected chi connectivity index (χ0v) is 13.1. The summed E-state index contributed by atoms with van der Waals surface area (Å²) in [5, 5.41) is 33.3. The first-order valence-corrected chi connectivity index (χ1v) is 8.17. The van der Waals surface area contributed by atoms with Crippen LogP contribution in [0.25, 0.3) is 0 Å². The molecule has 0 fully saturated rings. The Morgan fingerprint density at radius 1 is 0.864 bits per heavy atom. The maximum Gasteiger partial charge on any atom is 0.320 e. The SMILES string of the molecule is NC(CCSc1nnc(SCCC(N)C(=O)O)nn1)C(=O)O. The van der Waals surface area contributed by atoms with Crippen molar-refractivity contribution in [3.05, 3.63) is 0 Å². The molecule has 1 aromatic rings. The average molecular weight is 348 g/mol. The number of aliphatic carboxylic acids is 2. The Kier molecular flexibility index (Phi) is 8.01. The van der Waals surface area contributed by atoms with E-state index in [4.69, 9.17) is 21.7 Å². The number of carbonyl (C=O) groups is 2. The number of rotatable bonds is 10. The Balaban J connectivity index is 2.31. The molecule has 2 atom stereocenters. The van der Waals surface area contributed by atoms with Crippen LogP contribution in [0.15, 0.2) is 10.3 Å². The first kappa shape index (κ1) is 18.5. The van der Waals surface area contributed by atoms with Gasteiger partial charge in [0.2, 0.25) is 10.3 Å². The predicted octanol–water partition coefficient (Wildman–Crippen LogP) is -0.945. The molecule has 0 aliphatic heterocycles. The van der Waals surface area contributed by atoms with Crippen molar-refractivity contribution in [2.75, 3.05) is 11.5 Å². The lowest BCUT2D eigenvalue weighted by Crippen LogP contribution is -2.30. The van der Waals surface area contributed by atoms with E-state index in [1.807, 2.05) is 0 Å². The molecule has 22 heavy (non-hydrogen) atoms. The number of hydrogen-bond acceptors (Lipinski definition) is 10. The number of nitrogens with zero attached hydrogens (tertiary/aromatic N) is 4. The third kappa shape index (κ3) is 6.98. The monoisotopic (exact) mass is 348 g/mol. The molecule has 10 nitrogen and oxygen atoms in total. The molecule has 0 aromatic carbocycles. The molecule has 0 radical (unpaired) electrons. The maximum atomic E-state index is 10.5. The summed E-state index contributed by atoms with van der Waals surface area (Å²) in [4.78, 5) is 21.1. The molecule has 0 bridgehead atoms. The number of thioether (sulfide) groups is 2. The van der Waals surface area contributed by atoms with Gasteiger partial charge in [0.05, 0.1) is 0 Å². The average Bonchev–Trinajstić information content (AvgIpc) is 2.48. The fourth-order valence-electron chi connectivity index (χ4n) is 1.13. The lowest BCUT2D eigenvalue weighted by molar-refractivity contribution is -0.139. The van der Waals surface area contributed by atoms with Crippen molar-refractivity contribution in [3.63, 3.8) is 0 Å². The van der Waals surface area contributed by atoms with Gasteiger partial charge in [0.1, 0.15) is 12.1 Å². The van der Waals surface area contributed by atoms with Gasteiger partial charge in [-0.25, -0.2) is 0 Å². The zero-order chi connectivity index (χ0) is 16.5. The van der Waals surface area contributed by atoms with E-state index in [0.29, 0.717) is 21.8 Å². The lowest BCUT2D eigenvalue weighted by Gasteiger charge is -2.05. The molecule has 0 saturated carbocycles. The standard InChI is InChI=1S/C10H16N6O4S2/c11-5(7(17)18)1-3-21-9-13-15-10(16-14-9)22-4-2-6(12)8(19)20/h5-6H,1-4,11-12H2,(H,17,18)(H,19,20). The van der Waals surface area contributed by atoms with Gasteiger partial charge < -0.3 is 21.7 Å². The lowest BCUT2D eigenvalue weighted by atomic mass is 10.2. The molecule has 1 aromatic heterocycles. The molecule has 0 amide bonds. The summed E-state index contributed by atoms with van der Waals surface area (Å²) in [6.45, 7) is 0. The Hall–Kier alpha value is -1.50. The summed E-state index contributed by atoms with van der Waals surface area (Å²) in [7, 11) is 0. The quantitative estimate of drug-likeness (QED) is 0.382. The minimum atomic E-state index is -1.05. The van der Waals surface area contributed by atoms with Crippen molar-refractivity contribution < 1.29 is 19.8 Å². The van der Waals surface area contributed by atoms with Gasteiger partial charge in [-0.3, -0.25) is 9.59 Å². The zero-order valence-electron chi connectivity index (χ0n) is 11.5. The third-order valence-electron chi connectivity index (χ3n) is 2.40. The molecule has 0 aliphatic carbocycles. The fraction of sp³-hybridized carbons (Fsp3) is 0.600. The van der Waals surface area contributed by atoms with E-state index in [0.717, 1.165) is 0 Å². The van der Waals surface area contributed by atoms with E-state index >= 15 is 0 Å². The molecular weight excluding hydrogens is 332 g/mol. The van der Waals surface area contributed by atoms with Gasteiger partial charge in [-0.15, -0.1) is 20.4 Å². The highest BCUT2D eigenvalue weighted by atomic mass is 32.2. The highest BCUT2D eigenvalue weighted by Gasteiger charge is 2.13. The highest BCUT2D eigenvalue weighted by Crippen LogP contribution is 2.16. The molecule has 6 N–H and O–H groups in total. The molecule has 12 heteroatoms. The smallest absolute Gasteiger partial charge is 0.320 e. The second kappa shape index (κ2) is 9.50. The molecule has 122 valence electrons. The van der Waals surface area contributed by atoms with Gasteiger partial charge in [-0.1, -0.05) is 23.5 Å². The molecule has 1 rings (SSSR count). The molecule has 1 heterocycles. The van der Waals surface area contributed by atoms with Crippen molar-refractivity contribution in [1.29, 1.82) is 0 Å². The van der Waals surface area contributed by atoms with E-state index in [2.05, 4.69) is 20.4 Å².